The number of likely N-dealkylation sites (N-methyl/N-ethyl adjacent to an activating group) is 1. The van der Waals surface area contributed by atoms with Crippen molar-refractivity contribution in [2.45, 2.75) is 120 Å². The number of esters is 1. The minimum Gasteiger partial charge on any atom is -0.507 e. The Morgan fingerprint density at radius 1 is 1.23 bits per heavy atom. The van der Waals surface area contributed by atoms with Crippen LogP contribution < -0.4 is 16.0 Å². The van der Waals surface area contributed by atoms with Crippen LogP contribution in [0.1, 0.15) is 72.3 Å². The number of phenolic OH excluding ortho intramolecular Hbond substituents is 1. The number of epoxide rings is 1. The average Bonchev–Trinajstić information content (AvgIpc) is 3.83. The molecule has 0 radical (unpaired) electrons. The number of primary amides is 1. The lowest BCUT2D eigenvalue weighted by atomic mass is 9.83. The number of carbonyl (C=O) groups excluding carboxylic acids is 5. The lowest BCUT2D eigenvalue weighted by molar-refractivity contribution is -0.162. The third-order valence-electron chi connectivity index (χ3n) is 10.5. The van der Waals surface area contributed by atoms with E-state index >= 15 is 0 Å². The lowest BCUT2D eigenvalue weighted by Crippen LogP contribution is -2.63. The van der Waals surface area contributed by atoms with Gasteiger partial charge in [0.2, 0.25) is 17.7 Å². The van der Waals surface area contributed by atoms with Crippen molar-refractivity contribution in [2.24, 2.45) is 11.7 Å². The number of rotatable bonds is 11. The van der Waals surface area contributed by atoms with Gasteiger partial charge in [-0.3, -0.25) is 19.7 Å². The molecule has 310 valence electrons. The van der Waals surface area contributed by atoms with E-state index in [1.165, 1.54) is 40.6 Å². The summed E-state index contributed by atoms with van der Waals surface area (Å²) in [5.74, 6) is -2.02. The average molecular weight is 933 g/mol. The minimum atomic E-state index is -2.07. The molecule has 0 aromatic heterocycles. The second kappa shape index (κ2) is 19.1. The normalized spacial score (nSPS) is 30.7. The number of halogens is 1. The van der Waals surface area contributed by atoms with Crippen molar-refractivity contribution in [3.05, 3.63) is 45.1 Å². The van der Waals surface area contributed by atoms with Crippen LogP contribution in [0, 0.1) is 9.49 Å². The monoisotopic (exact) mass is 932 g/mol. The SMILES string of the molecule is C/C1=C\C=C\[C@@H](O)[C@@]2(O)C[C@H](OC(=O)N2)[C@@H](C)C2O[C@@]2(C)[C@@H](OC(=O)[C@H](C)N(C)C(=O)CCSSC(C)CCC(N)=O)CC(=O)N(C)c2cc(cc(O)c2I)C1. The molecule has 0 saturated carbocycles. The number of carbonyl (C=O) groups is 5. The number of aromatic hydroxyl groups is 1. The maximum atomic E-state index is 14.1. The highest BCUT2D eigenvalue weighted by Crippen LogP contribution is 2.49. The Bertz CT molecular complexity index is 1730. The molecular weight excluding hydrogens is 879 g/mol. The van der Waals surface area contributed by atoms with Crippen LogP contribution in [0.25, 0.3) is 0 Å². The van der Waals surface area contributed by atoms with Gasteiger partial charge in [-0.15, -0.1) is 0 Å². The van der Waals surface area contributed by atoms with E-state index in [4.69, 9.17) is 19.9 Å². The standard InChI is InChI=1S/C38H53IN4O11S2/c1-20-9-8-10-28(45)38(51)19-27(52-36(50)41-38)22(3)34-37(5,54-34)29(18-32(48)43(7)25-16-24(15-20)17-26(44)33(25)39)53-35(49)23(4)42(6)31(47)13-14-55-56-21(2)11-12-30(40)46/h8-10,16-17,21-23,27-29,34,44-45,51H,11-15,18-19H2,1-7H3,(H2,40,46)(H,41,50)/b10-8+,20-9+/t21?,22-,23+,27+,28-,29+,34?,37+,38+/m1/s1. The van der Waals surface area contributed by atoms with E-state index in [1.807, 2.05) is 36.4 Å². The number of ether oxygens (including phenoxy) is 3. The van der Waals surface area contributed by atoms with E-state index in [0.29, 0.717) is 33.4 Å². The summed E-state index contributed by atoms with van der Waals surface area (Å²) in [4.78, 5) is 67.4. The number of anilines is 1. The summed E-state index contributed by atoms with van der Waals surface area (Å²) in [6.07, 6.45) is 0.268. The number of alkyl carbamates (subject to hydrolysis) is 1. The van der Waals surface area contributed by atoms with Crippen LogP contribution in [-0.2, 0) is 39.8 Å². The second-order valence-electron chi connectivity index (χ2n) is 15.0. The Hall–Kier alpha value is -3.04. The zero-order valence-electron chi connectivity index (χ0n) is 32.7. The highest BCUT2D eigenvalue weighted by atomic mass is 127. The number of nitrogens with one attached hydrogen (secondary N) is 1. The van der Waals surface area contributed by atoms with Gasteiger partial charge in [-0.05, 0) is 73.9 Å². The van der Waals surface area contributed by atoms with Crippen molar-refractivity contribution in [3.8, 4) is 5.75 Å². The highest BCUT2D eigenvalue weighted by Gasteiger charge is 2.64. The van der Waals surface area contributed by atoms with Crippen LogP contribution >= 0.6 is 44.2 Å². The first-order valence-corrected chi connectivity index (χ1v) is 21.8. The molecule has 6 N–H and O–H groups in total. The summed E-state index contributed by atoms with van der Waals surface area (Å²) in [6, 6.07) is 2.35. The zero-order chi connectivity index (χ0) is 41.7. The van der Waals surface area contributed by atoms with Gasteiger partial charge < -0.3 is 45.1 Å². The number of allylic oxidation sites excluding steroid dienone is 3. The minimum absolute atomic E-state index is 0.0295. The summed E-state index contributed by atoms with van der Waals surface area (Å²) in [6.45, 7) is 8.77. The van der Waals surface area contributed by atoms with Crippen LogP contribution in [0.15, 0.2) is 35.9 Å². The molecule has 56 heavy (non-hydrogen) atoms. The van der Waals surface area contributed by atoms with Crippen LogP contribution in [0.3, 0.4) is 0 Å². The molecule has 3 aliphatic rings. The van der Waals surface area contributed by atoms with Crippen LogP contribution in [0.4, 0.5) is 10.5 Å². The largest absolute Gasteiger partial charge is 0.507 e. The molecule has 4 bridgehead atoms. The maximum Gasteiger partial charge on any atom is 0.409 e. The van der Waals surface area contributed by atoms with Crippen molar-refractivity contribution in [2.75, 3.05) is 24.7 Å². The van der Waals surface area contributed by atoms with Gasteiger partial charge in [-0.1, -0.05) is 59.2 Å². The first-order valence-electron chi connectivity index (χ1n) is 18.4. The molecule has 0 aliphatic carbocycles. The van der Waals surface area contributed by atoms with E-state index in [1.54, 1.807) is 56.0 Å². The van der Waals surface area contributed by atoms with E-state index in [9.17, 15) is 39.3 Å². The molecule has 4 rings (SSSR count). The van der Waals surface area contributed by atoms with Crippen molar-refractivity contribution < 1.29 is 53.5 Å². The Kier molecular flexibility index (Phi) is 15.6. The number of aliphatic hydroxyl groups is 2. The Labute approximate surface area is 349 Å². The zero-order valence-corrected chi connectivity index (χ0v) is 36.4. The Balaban J connectivity index is 1.59. The molecule has 3 aliphatic heterocycles. The number of phenols is 1. The predicted octanol–water partition coefficient (Wildman–Crippen LogP) is 3.93. The number of aliphatic hydroxyl groups excluding tert-OH is 1. The second-order valence-corrected chi connectivity index (χ2v) is 19.0. The fraction of sp³-hybridized carbons (Fsp3) is 0.605. The first kappa shape index (κ1) is 45.7. The van der Waals surface area contributed by atoms with Gasteiger partial charge in [0.15, 0.2) is 5.72 Å². The van der Waals surface area contributed by atoms with Crippen LogP contribution in [0.2, 0.25) is 0 Å². The van der Waals surface area contributed by atoms with Gasteiger partial charge in [0.1, 0.15) is 35.7 Å². The van der Waals surface area contributed by atoms with Crippen LogP contribution in [0.5, 0.6) is 5.75 Å². The first-order chi connectivity index (χ1) is 26.2. The van der Waals surface area contributed by atoms with Crippen molar-refractivity contribution in [1.82, 2.24) is 10.2 Å². The van der Waals surface area contributed by atoms with Gasteiger partial charge in [0, 0.05) is 50.3 Å². The van der Waals surface area contributed by atoms with Crippen molar-refractivity contribution in [3.63, 3.8) is 0 Å². The summed E-state index contributed by atoms with van der Waals surface area (Å²) >= 11 is 1.96. The fourth-order valence-corrected chi connectivity index (χ4v) is 9.68. The Morgan fingerprint density at radius 3 is 2.61 bits per heavy atom. The molecule has 2 saturated heterocycles. The molecule has 1 aromatic rings. The smallest absolute Gasteiger partial charge is 0.409 e. The van der Waals surface area contributed by atoms with Crippen molar-refractivity contribution in [1.29, 1.82) is 0 Å². The molecule has 2 unspecified atom stereocenters. The maximum absolute atomic E-state index is 14.1. The summed E-state index contributed by atoms with van der Waals surface area (Å²) in [7, 11) is 6.11. The van der Waals surface area contributed by atoms with Crippen molar-refractivity contribution >= 4 is 79.7 Å². The van der Waals surface area contributed by atoms with Gasteiger partial charge >= 0.3 is 12.1 Å². The number of hydrogen-bond acceptors (Lipinski definition) is 13. The molecule has 18 heteroatoms. The topological polar surface area (TPSA) is 222 Å². The third kappa shape index (κ3) is 11.3. The van der Waals surface area contributed by atoms with E-state index in [0.717, 1.165) is 5.57 Å². The number of amides is 4. The number of fused-ring (bicyclic) bond motifs is 5. The number of nitrogens with two attached hydrogens (primary N) is 1. The number of hydrogen-bond donors (Lipinski definition) is 5. The molecule has 2 fully saturated rings. The molecule has 0 spiro atoms. The lowest BCUT2D eigenvalue weighted by Gasteiger charge is -2.41. The van der Waals surface area contributed by atoms with Gasteiger partial charge in [0.25, 0.3) is 0 Å². The molecule has 4 amide bonds. The molecule has 15 nitrogen and oxygen atoms in total. The van der Waals surface area contributed by atoms with Gasteiger partial charge in [-0.25, -0.2) is 9.59 Å². The van der Waals surface area contributed by atoms with E-state index in [2.05, 4.69) is 5.32 Å². The summed E-state index contributed by atoms with van der Waals surface area (Å²) in [5, 5.41) is 35.8. The Morgan fingerprint density at radius 2 is 1.93 bits per heavy atom. The van der Waals surface area contributed by atoms with E-state index < -0.39 is 65.7 Å². The van der Waals surface area contributed by atoms with E-state index in [-0.39, 0.29) is 48.5 Å². The molecule has 9 atom stereocenters. The number of nitrogens with zero attached hydrogens (tertiary/aromatic N) is 2. The molecule has 1 aromatic carbocycles. The highest BCUT2D eigenvalue weighted by molar-refractivity contribution is 14.1. The third-order valence-corrected chi connectivity index (χ3v) is 14.6. The van der Waals surface area contributed by atoms with Gasteiger partial charge in [0.05, 0.1) is 21.8 Å². The predicted molar refractivity (Wildman–Crippen MR) is 222 cm³/mol. The fourth-order valence-electron chi connectivity index (χ4n) is 6.68. The van der Waals surface area contributed by atoms with Gasteiger partial charge in [-0.2, -0.15) is 0 Å². The quantitative estimate of drug-likeness (QED) is 0.0699. The number of benzene rings is 1. The molecular formula is C38H53IN4O11S2. The van der Waals surface area contributed by atoms with Crippen LogP contribution in [-0.4, -0.2) is 117 Å². The summed E-state index contributed by atoms with van der Waals surface area (Å²) in [5.41, 5.74) is 3.86. The molecule has 3 heterocycles. The summed E-state index contributed by atoms with van der Waals surface area (Å²) < 4.78 is 18.3.